The van der Waals surface area contributed by atoms with Crippen molar-refractivity contribution in [3.8, 4) is 5.69 Å². The molecular formula is C19H25FN4O. The minimum Gasteiger partial charge on any atom is -0.338 e. The summed E-state index contributed by atoms with van der Waals surface area (Å²) >= 11 is 0. The van der Waals surface area contributed by atoms with Crippen LogP contribution in [-0.2, 0) is 6.42 Å². The number of hydrogen-bond acceptors (Lipinski definition) is 2. The number of aromatic nitrogens is 2. The summed E-state index contributed by atoms with van der Waals surface area (Å²) in [5.74, 6) is -0.287. The first kappa shape index (κ1) is 17.5. The number of carbonyl (C=O) groups excluding carboxylic acids is 1. The van der Waals surface area contributed by atoms with E-state index in [0.29, 0.717) is 12.2 Å². The molecule has 0 aliphatic heterocycles. The topological polar surface area (TPSA) is 59.0 Å². The molecule has 1 atom stereocenters. The Morgan fingerprint density at radius 3 is 2.96 bits per heavy atom. The Morgan fingerprint density at radius 1 is 1.44 bits per heavy atom. The van der Waals surface area contributed by atoms with Gasteiger partial charge in [-0.05, 0) is 42.9 Å². The predicted molar refractivity (Wildman–Crippen MR) is 95.2 cm³/mol. The lowest BCUT2D eigenvalue weighted by Gasteiger charge is -2.36. The number of hydrogen-bond donors (Lipinski definition) is 2. The van der Waals surface area contributed by atoms with Crippen LogP contribution in [0, 0.1) is 11.2 Å². The summed E-state index contributed by atoms with van der Waals surface area (Å²) in [7, 11) is 0. The van der Waals surface area contributed by atoms with Crippen LogP contribution in [0.15, 0.2) is 30.5 Å². The molecule has 1 aromatic carbocycles. The van der Waals surface area contributed by atoms with E-state index in [9.17, 15) is 9.18 Å². The van der Waals surface area contributed by atoms with Crippen molar-refractivity contribution in [2.45, 2.75) is 46.1 Å². The van der Waals surface area contributed by atoms with Crippen molar-refractivity contribution >= 4 is 6.03 Å². The molecule has 0 saturated heterocycles. The third-order valence-corrected chi connectivity index (χ3v) is 4.57. The highest BCUT2D eigenvalue weighted by atomic mass is 19.1. The number of urea groups is 1. The van der Waals surface area contributed by atoms with E-state index in [1.54, 1.807) is 16.9 Å². The first-order chi connectivity index (χ1) is 11.9. The molecule has 2 N–H and O–H groups in total. The maximum atomic E-state index is 13.6. The van der Waals surface area contributed by atoms with Gasteiger partial charge in [0.15, 0.2) is 0 Å². The Kier molecular flexibility index (Phi) is 4.79. The molecule has 134 valence electrons. The number of carbonyl (C=O) groups is 1. The SMILES string of the molecule is CCCNC(=O)NC1CC(C)(C)Cc2c1cnn2-c1cccc(F)c1. The second-order valence-corrected chi connectivity index (χ2v) is 7.44. The van der Waals surface area contributed by atoms with Crippen molar-refractivity contribution in [3.05, 3.63) is 47.5 Å². The summed E-state index contributed by atoms with van der Waals surface area (Å²) in [4.78, 5) is 12.1. The van der Waals surface area contributed by atoms with Crippen LogP contribution in [0.4, 0.5) is 9.18 Å². The zero-order chi connectivity index (χ0) is 18.0. The lowest BCUT2D eigenvalue weighted by molar-refractivity contribution is 0.221. The second-order valence-electron chi connectivity index (χ2n) is 7.44. The van der Waals surface area contributed by atoms with Gasteiger partial charge in [0.1, 0.15) is 5.82 Å². The van der Waals surface area contributed by atoms with Crippen molar-refractivity contribution in [3.63, 3.8) is 0 Å². The van der Waals surface area contributed by atoms with Crippen LogP contribution >= 0.6 is 0 Å². The molecule has 1 aliphatic rings. The normalized spacial score (nSPS) is 18.5. The van der Waals surface area contributed by atoms with Gasteiger partial charge < -0.3 is 10.6 Å². The molecule has 6 heteroatoms. The smallest absolute Gasteiger partial charge is 0.315 e. The number of halogens is 1. The lowest BCUT2D eigenvalue weighted by Crippen LogP contribution is -2.42. The molecule has 5 nitrogen and oxygen atoms in total. The predicted octanol–water partition coefficient (Wildman–Crippen LogP) is 3.73. The van der Waals surface area contributed by atoms with E-state index < -0.39 is 0 Å². The summed E-state index contributed by atoms with van der Waals surface area (Å²) < 4.78 is 15.4. The van der Waals surface area contributed by atoms with Crippen LogP contribution in [0.3, 0.4) is 0 Å². The number of nitrogens with one attached hydrogen (secondary N) is 2. The molecule has 3 rings (SSSR count). The van der Waals surface area contributed by atoms with E-state index in [-0.39, 0.29) is 23.3 Å². The fourth-order valence-corrected chi connectivity index (χ4v) is 3.45. The van der Waals surface area contributed by atoms with Gasteiger partial charge in [0, 0.05) is 12.1 Å². The van der Waals surface area contributed by atoms with Crippen LogP contribution in [0.1, 0.15) is 50.9 Å². The number of fused-ring (bicyclic) bond motifs is 1. The van der Waals surface area contributed by atoms with Crippen molar-refractivity contribution in [1.29, 1.82) is 0 Å². The van der Waals surface area contributed by atoms with Gasteiger partial charge in [-0.3, -0.25) is 0 Å². The first-order valence-corrected chi connectivity index (χ1v) is 8.77. The van der Waals surface area contributed by atoms with Crippen molar-refractivity contribution in [2.24, 2.45) is 5.41 Å². The molecule has 0 bridgehead atoms. The van der Waals surface area contributed by atoms with Gasteiger partial charge in [-0.2, -0.15) is 5.10 Å². The fraction of sp³-hybridized carbons (Fsp3) is 0.474. The van der Waals surface area contributed by atoms with Crippen molar-refractivity contribution in [2.75, 3.05) is 6.54 Å². The zero-order valence-electron chi connectivity index (χ0n) is 15.0. The monoisotopic (exact) mass is 344 g/mol. The molecule has 1 heterocycles. The van der Waals surface area contributed by atoms with Crippen molar-refractivity contribution < 1.29 is 9.18 Å². The van der Waals surface area contributed by atoms with Crippen LogP contribution in [0.25, 0.3) is 5.69 Å². The molecule has 25 heavy (non-hydrogen) atoms. The van der Waals surface area contributed by atoms with Gasteiger partial charge in [-0.1, -0.05) is 26.8 Å². The molecule has 1 aliphatic carbocycles. The highest BCUT2D eigenvalue weighted by Gasteiger charge is 2.36. The molecule has 1 unspecified atom stereocenters. The Labute approximate surface area is 147 Å². The first-order valence-electron chi connectivity index (χ1n) is 8.77. The van der Waals surface area contributed by atoms with Gasteiger partial charge in [-0.25, -0.2) is 13.9 Å². The Bertz CT molecular complexity index is 769. The highest BCUT2D eigenvalue weighted by Crippen LogP contribution is 2.41. The molecule has 0 saturated carbocycles. The molecule has 1 aromatic heterocycles. The lowest BCUT2D eigenvalue weighted by atomic mass is 9.74. The number of amides is 2. The molecule has 0 spiro atoms. The number of benzene rings is 1. The summed E-state index contributed by atoms with van der Waals surface area (Å²) in [6.07, 6.45) is 4.36. The Hall–Kier alpha value is -2.37. The number of rotatable bonds is 4. The van der Waals surface area contributed by atoms with Crippen LogP contribution in [-0.4, -0.2) is 22.4 Å². The average molecular weight is 344 g/mol. The molecule has 0 radical (unpaired) electrons. The van der Waals surface area contributed by atoms with Crippen LogP contribution in [0.2, 0.25) is 0 Å². The molecule has 2 amide bonds. The van der Waals surface area contributed by atoms with Gasteiger partial charge in [0.25, 0.3) is 0 Å². The minimum atomic E-state index is -0.287. The molecular weight excluding hydrogens is 319 g/mol. The summed E-state index contributed by atoms with van der Waals surface area (Å²) in [6, 6.07) is 6.17. The largest absolute Gasteiger partial charge is 0.338 e. The maximum absolute atomic E-state index is 13.6. The quantitative estimate of drug-likeness (QED) is 0.888. The highest BCUT2D eigenvalue weighted by molar-refractivity contribution is 5.74. The van der Waals surface area contributed by atoms with Crippen molar-refractivity contribution in [1.82, 2.24) is 20.4 Å². The Morgan fingerprint density at radius 2 is 2.24 bits per heavy atom. The van der Waals surface area contributed by atoms with E-state index in [1.165, 1.54) is 12.1 Å². The minimum absolute atomic E-state index is 0.0147. The third-order valence-electron chi connectivity index (χ3n) is 4.57. The summed E-state index contributed by atoms with van der Waals surface area (Å²) in [6.45, 7) is 7.03. The van der Waals surface area contributed by atoms with Crippen LogP contribution < -0.4 is 10.6 Å². The maximum Gasteiger partial charge on any atom is 0.315 e. The standard InChI is InChI=1S/C19H25FN4O/c1-4-8-21-18(25)23-16-10-19(2,3)11-17-15(16)12-22-24(17)14-7-5-6-13(20)9-14/h5-7,9,12,16H,4,8,10-11H2,1-3H3,(H2,21,23,25). The van der Waals surface area contributed by atoms with Gasteiger partial charge in [-0.15, -0.1) is 0 Å². The number of nitrogens with zero attached hydrogens (tertiary/aromatic N) is 2. The summed E-state index contributed by atoms with van der Waals surface area (Å²) in [5, 5.41) is 10.4. The fourth-order valence-electron chi connectivity index (χ4n) is 3.45. The van der Waals surface area contributed by atoms with Gasteiger partial charge in [0.05, 0.1) is 23.6 Å². The average Bonchev–Trinajstić information content (AvgIpc) is 2.95. The van der Waals surface area contributed by atoms with Gasteiger partial charge >= 0.3 is 6.03 Å². The van der Waals surface area contributed by atoms with E-state index >= 15 is 0 Å². The van der Waals surface area contributed by atoms with E-state index in [2.05, 4.69) is 29.6 Å². The third kappa shape index (κ3) is 3.83. The van der Waals surface area contributed by atoms with E-state index in [0.717, 1.165) is 30.5 Å². The van der Waals surface area contributed by atoms with E-state index in [1.807, 2.05) is 13.0 Å². The Balaban J connectivity index is 1.92. The van der Waals surface area contributed by atoms with Crippen LogP contribution in [0.5, 0.6) is 0 Å². The molecule has 2 aromatic rings. The van der Waals surface area contributed by atoms with Gasteiger partial charge in [0.2, 0.25) is 0 Å². The second kappa shape index (κ2) is 6.86. The zero-order valence-corrected chi connectivity index (χ0v) is 15.0. The summed E-state index contributed by atoms with van der Waals surface area (Å²) in [5.41, 5.74) is 2.76. The molecule has 0 fully saturated rings. The van der Waals surface area contributed by atoms with E-state index in [4.69, 9.17) is 0 Å².